The molecule has 0 spiro atoms. The van der Waals surface area contributed by atoms with Gasteiger partial charge in [-0.3, -0.25) is 4.98 Å². The third-order valence-corrected chi connectivity index (χ3v) is 4.06. The molecule has 0 radical (unpaired) electrons. The number of aryl methyl sites for hydroxylation is 1. The van der Waals surface area contributed by atoms with Gasteiger partial charge >= 0.3 is 6.03 Å². The van der Waals surface area contributed by atoms with Crippen molar-refractivity contribution in [2.24, 2.45) is 0 Å². The number of rotatable bonds is 3. The number of nitrogens with one attached hydrogen (secondary N) is 2. The smallest absolute Gasteiger partial charge is 0.319 e. The lowest BCUT2D eigenvalue weighted by Crippen LogP contribution is -2.36. The summed E-state index contributed by atoms with van der Waals surface area (Å²) in [5.74, 6) is 0. The molecule has 1 saturated carbocycles. The molecule has 0 saturated heterocycles. The summed E-state index contributed by atoms with van der Waals surface area (Å²) >= 11 is 0. The van der Waals surface area contributed by atoms with Crippen molar-refractivity contribution in [2.75, 3.05) is 5.32 Å². The first kappa shape index (κ1) is 14.6. The summed E-state index contributed by atoms with van der Waals surface area (Å²) in [6, 6.07) is 12.1. The number of nitrogens with zero attached hydrogens (tertiary/aromatic N) is 1. The van der Waals surface area contributed by atoms with Crippen molar-refractivity contribution >= 4 is 11.7 Å². The quantitative estimate of drug-likeness (QED) is 0.895. The van der Waals surface area contributed by atoms with Crippen molar-refractivity contribution < 1.29 is 4.79 Å². The highest BCUT2D eigenvalue weighted by molar-refractivity contribution is 5.89. The Hall–Kier alpha value is -2.36. The van der Waals surface area contributed by atoms with Gasteiger partial charge in [-0.2, -0.15) is 0 Å². The molecular formula is C18H21N3O. The normalized spacial score (nSPS) is 14.8. The number of carbonyl (C=O) groups is 1. The van der Waals surface area contributed by atoms with Crippen LogP contribution in [0.3, 0.4) is 0 Å². The van der Waals surface area contributed by atoms with E-state index in [0.717, 1.165) is 35.3 Å². The number of amides is 2. The second kappa shape index (κ2) is 6.60. The van der Waals surface area contributed by atoms with Crippen molar-refractivity contribution in [1.82, 2.24) is 10.3 Å². The van der Waals surface area contributed by atoms with E-state index in [4.69, 9.17) is 0 Å². The van der Waals surface area contributed by atoms with Gasteiger partial charge < -0.3 is 10.6 Å². The second-order valence-electron chi connectivity index (χ2n) is 5.84. The summed E-state index contributed by atoms with van der Waals surface area (Å²) in [6.45, 7) is 1.98. The molecular weight excluding hydrogens is 274 g/mol. The fraction of sp³-hybridized carbons (Fsp3) is 0.333. The van der Waals surface area contributed by atoms with E-state index >= 15 is 0 Å². The lowest BCUT2D eigenvalue weighted by molar-refractivity contribution is 0.248. The van der Waals surface area contributed by atoms with E-state index in [1.807, 2.05) is 43.5 Å². The largest absolute Gasteiger partial charge is 0.335 e. The third-order valence-electron chi connectivity index (χ3n) is 4.06. The van der Waals surface area contributed by atoms with Gasteiger partial charge in [0.05, 0.1) is 0 Å². The highest BCUT2D eigenvalue weighted by Gasteiger charge is 2.16. The SMILES string of the molecule is Cc1cc(-c2ccc(NC(=O)NC3CCCC3)cc2)ccn1. The highest BCUT2D eigenvalue weighted by Crippen LogP contribution is 2.22. The molecule has 0 aliphatic heterocycles. The predicted molar refractivity (Wildman–Crippen MR) is 88.8 cm³/mol. The molecule has 0 bridgehead atoms. The molecule has 0 unspecified atom stereocenters. The van der Waals surface area contributed by atoms with Gasteiger partial charge in [0, 0.05) is 23.6 Å². The molecule has 1 heterocycles. The van der Waals surface area contributed by atoms with Gasteiger partial charge in [-0.15, -0.1) is 0 Å². The van der Waals surface area contributed by atoms with Crippen LogP contribution in [-0.2, 0) is 0 Å². The molecule has 1 aromatic heterocycles. The number of hydrogen-bond acceptors (Lipinski definition) is 2. The lowest BCUT2D eigenvalue weighted by atomic mass is 10.1. The van der Waals surface area contributed by atoms with Gasteiger partial charge in [-0.1, -0.05) is 25.0 Å². The van der Waals surface area contributed by atoms with Gasteiger partial charge in [0.25, 0.3) is 0 Å². The van der Waals surface area contributed by atoms with E-state index in [1.54, 1.807) is 0 Å². The summed E-state index contributed by atoms with van der Waals surface area (Å²) in [7, 11) is 0. The van der Waals surface area contributed by atoms with E-state index in [1.165, 1.54) is 12.8 Å². The molecule has 2 aromatic rings. The minimum Gasteiger partial charge on any atom is -0.335 e. The Balaban J connectivity index is 1.62. The zero-order valence-corrected chi connectivity index (χ0v) is 12.8. The highest BCUT2D eigenvalue weighted by atomic mass is 16.2. The van der Waals surface area contributed by atoms with Crippen LogP contribution in [0.1, 0.15) is 31.4 Å². The maximum atomic E-state index is 11.9. The molecule has 1 aliphatic carbocycles. The standard InChI is InChI=1S/C18H21N3O/c1-13-12-15(10-11-19-13)14-6-8-17(9-7-14)21-18(22)20-16-4-2-3-5-16/h6-12,16H,2-5H2,1H3,(H2,20,21,22). The molecule has 0 atom stereocenters. The summed E-state index contributed by atoms with van der Waals surface area (Å²) in [5.41, 5.74) is 4.06. The second-order valence-corrected chi connectivity index (χ2v) is 5.84. The van der Waals surface area contributed by atoms with Crippen molar-refractivity contribution in [1.29, 1.82) is 0 Å². The molecule has 22 heavy (non-hydrogen) atoms. The first-order chi connectivity index (χ1) is 10.7. The van der Waals surface area contributed by atoms with Gasteiger partial charge in [0.2, 0.25) is 0 Å². The first-order valence-electron chi connectivity index (χ1n) is 7.81. The van der Waals surface area contributed by atoms with Crippen molar-refractivity contribution in [3.8, 4) is 11.1 Å². The summed E-state index contributed by atoms with van der Waals surface area (Å²) in [6.07, 6.45) is 6.42. The Morgan fingerprint density at radius 3 is 2.50 bits per heavy atom. The van der Waals surface area contributed by atoms with Crippen LogP contribution < -0.4 is 10.6 Å². The molecule has 2 amide bonds. The number of urea groups is 1. The number of carbonyl (C=O) groups excluding carboxylic acids is 1. The number of benzene rings is 1. The van der Waals surface area contributed by atoms with E-state index in [9.17, 15) is 4.79 Å². The predicted octanol–water partition coefficient (Wildman–Crippen LogP) is 4.12. The van der Waals surface area contributed by atoms with Crippen LogP contribution in [0.25, 0.3) is 11.1 Å². The molecule has 3 rings (SSSR count). The monoisotopic (exact) mass is 295 g/mol. The van der Waals surface area contributed by atoms with Crippen LogP contribution in [0.4, 0.5) is 10.5 Å². The Bertz CT molecular complexity index is 646. The average Bonchev–Trinajstić information content (AvgIpc) is 3.01. The van der Waals surface area contributed by atoms with Crippen molar-refractivity contribution in [2.45, 2.75) is 38.6 Å². The minimum absolute atomic E-state index is 0.112. The number of anilines is 1. The summed E-state index contributed by atoms with van der Waals surface area (Å²) in [5, 5.41) is 5.92. The van der Waals surface area contributed by atoms with Crippen LogP contribution in [0.5, 0.6) is 0 Å². The topological polar surface area (TPSA) is 54.0 Å². The maximum Gasteiger partial charge on any atom is 0.319 e. The lowest BCUT2D eigenvalue weighted by Gasteiger charge is -2.13. The van der Waals surface area contributed by atoms with Crippen molar-refractivity contribution in [3.05, 3.63) is 48.3 Å². The number of hydrogen-bond donors (Lipinski definition) is 2. The molecule has 2 N–H and O–H groups in total. The summed E-state index contributed by atoms with van der Waals surface area (Å²) < 4.78 is 0. The average molecular weight is 295 g/mol. The van der Waals surface area contributed by atoms with Gasteiger partial charge in [-0.25, -0.2) is 4.79 Å². The van der Waals surface area contributed by atoms with Crippen molar-refractivity contribution in [3.63, 3.8) is 0 Å². The maximum absolute atomic E-state index is 11.9. The molecule has 4 nitrogen and oxygen atoms in total. The zero-order valence-electron chi connectivity index (χ0n) is 12.8. The fourth-order valence-corrected chi connectivity index (χ4v) is 2.89. The Morgan fingerprint density at radius 1 is 1.09 bits per heavy atom. The Kier molecular flexibility index (Phi) is 4.37. The van der Waals surface area contributed by atoms with Gasteiger partial charge in [0.1, 0.15) is 0 Å². The zero-order chi connectivity index (χ0) is 15.4. The number of pyridine rings is 1. The Morgan fingerprint density at radius 2 is 1.82 bits per heavy atom. The Labute approximate surface area is 131 Å². The van der Waals surface area contributed by atoms with E-state index in [0.29, 0.717) is 6.04 Å². The van der Waals surface area contributed by atoms with Crippen LogP contribution >= 0.6 is 0 Å². The van der Waals surface area contributed by atoms with Crippen LogP contribution in [0.2, 0.25) is 0 Å². The molecule has 1 aromatic carbocycles. The minimum atomic E-state index is -0.112. The van der Waals surface area contributed by atoms with Gasteiger partial charge in [-0.05, 0) is 55.2 Å². The fourth-order valence-electron chi connectivity index (χ4n) is 2.89. The molecule has 1 fully saturated rings. The third kappa shape index (κ3) is 3.64. The number of aromatic nitrogens is 1. The van der Waals surface area contributed by atoms with Crippen LogP contribution in [-0.4, -0.2) is 17.1 Å². The van der Waals surface area contributed by atoms with E-state index in [-0.39, 0.29) is 6.03 Å². The molecule has 4 heteroatoms. The van der Waals surface area contributed by atoms with Crippen LogP contribution in [0.15, 0.2) is 42.6 Å². The van der Waals surface area contributed by atoms with E-state index in [2.05, 4.69) is 21.7 Å². The summed E-state index contributed by atoms with van der Waals surface area (Å²) in [4.78, 5) is 16.1. The van der Waals surface area contributed by atoms with Gasteiger partial charge in [0.15, 0.2) is 0 Å². The molecule has 114 valence electrons. The molecule has 1 aliphatic rings. The first-order valence-corrected chi connectivity index (χ1v) is 7.81. The van der Waals surface area contributed by atoms with E-state index < -0.39 is 0 Å². The van der Waals surface area contributed by atoms with Crippen LogP contribution in [0, 0.1) is 6.92 Å².